The molecule has 186 valence electrons. The second-order valence-corrected chi connectivity index (χ2v) is 9.32. The third-order valence-corrected chi connectivity index (χ3v) is 5.98. The standard InChI is InChI=1S/C27H34N4O4/c1-18(2)13-21(16-29-27(34)35)25(32)30-24(14-20-15-28-23-12-8-7-11-22(20)23)26(33)31(3)17-19-9-5-4-6-10-19/h4-12,15,18,21,24,28-29H,13-14,16-17H2,1-3H3,(H,30,32)(H,34,35)/t21?,24-/m0/s1. The maximum atomic E-state index is 13.5. The summed E-state index contributed by atoms with van der Waals surface area (Å²) in [7, 11) is 1.72. The van der Waals surface area contributed by atoms with Crippen LogP contribution in [0, 0.1) is 11.8 Å². The van der Waals surface area contributed by atoms with Gasteiger partial charge in [-0.05, 0) is 29.5 Å². The van der Waals surface area contributed by atoms with Gasteiger partial charge in [0.15, 0.2) is 0 Å². The van der Waals surface area contributed by atoms with Gasteiger partial charge in [0.05, 0.1) is 5.92 Å². The molecule has 1 unspecified atom stereocenters. The van der Waals surface area contributed by atoms with Crippen LogP contribution < -0.4 is 10.6 Å². The van der Waals surface area contributed by atoms with Crippen molar-refractivity contribution in [2.45, 2.75) is 39.3 Å². The lowest BCUT2D eigenvalue weighted by atomic mass is 9.95. The van der Waals surface area contributed by atoms with Crippen LogP contribution in [0.4, 0.5) is 4.79 Å². The number of nitrogens with one attached hydrogen (secondary N) is 3. The number of carboxylic acid groups (broad SMARTS) is 1. The van der Waals surface area contributed by atoms with Crippen LogP contribution in [0.2, 0.25) is 0 Å². The predicted molar refractivity (Wildman–Crippen MR) is 136 cm³/mol. The zero-order chi connectivity index (χ0) is 25.4. The first kappa shape index (κ1) is 25.8. The molecule has 1 aromatic heterocycles. The maximum absolute atomic E-state index is 13.5. The Bertz CT molecular complexity index is 1140. The summed E-state index contributed by atoms with van der Waals surface area (Å²) in [5.74, 6) is -0.936. The largest absolute Gasteiger partial charge is 0.465 e. The van der Waals surface area contributed by atoms with E-state index in [2.05, 4.69) is 15.6 Å². The first-order valence-corrected chi connectivity index (χ1v) is 11.9. The summed E-state index contributed by atoms with van der Waals surface area (Å²) in [5, 5.41) is 15.3. The Morgan fingerprint density at radius 3 is 2.40 bits per heavy atom. The molecule has 2 atom stereocenters. The molecule has 0 saturated heterocycles. The molecule has 0 fully saturated rings. The Morgan fingerprint density at radius 1 is 1.03 bits per heavy atom. The van der Waals surface area contributed by atoms with Crippen molar-refractivity contribution < 1.29 is 19.5 Å². The van der Waals surface area contributed by atoms with Gasteiger partial charge in [0.2, 0.25) is 11.8 Å². The highest BCUT2D eigenvalue weighted by molar-refractivity contribution is 5.90. The van der Waals surface area contributed by atoms with E-state index in [-0.39, 0.29) is 24.3 Å². The molecule has 4 N–H and O–H groups in total. The molecule has 3 rings (SSSR count). The number of para-hydroxylation sites is 1. The third kappa shape index (κ3) is 7.34. The van der Waals surface area contributed by atoms with Gasteiger partial charge in [-0.1, -0.05) is 62.4 Å². The zero-order valence-electron chi connectivity index (χ0n) is 20.5. The summed E-state index contributed by atoms with van der Waals surface area (Å²) in [6.07, 6.45) is 1.50. The monoisotopic (exact) mass is 478 g/mol. The summed E-state index contributed by atoms with van der Waals surface area (Å²) >= 11 is 0. The van der Waals surface area contributed by atoms with Crippen LogP contribution in [0.3, 0.4) is 0 Å². The fourth-order valence-corrected chi connectivity index (χ4v) is 4.27. The van der Waals surface area contributed by atoms with Gasteiger partial charge in [0.1, 0.15) is 6.04 Å². The summed E-state index contributed by atoms with van der Waals surface area (Å²) in [5.41, 5.74) is 2.88. The van der Waals surface area contributed by atoms with Crippen molar-refractivity contribution in [3.8, 4) is 0 Å². The lowest BCUT2D eigenvalue weighted by molar-refractivity contribution is -0.137. The number of hydrogen-bond acceptors (Lipinski definition) is 3. The molecule has 0 radical (unpaired) electrons. The van der Waals surface area contributed by atoms with E-state index in [4.69, 9.17) is 5.11 Å². The smallest absolute Gasteiger partial charge is 0.404 e. The van der Waals surface area contributed by atoms with Crippen LogP contribution >= 0.6 is 0 Å². The minimum Gasteiger partial charge on any atom is -0.465 e. The Morgan fingerprint density at radius 2 is 1.71 bits per heavy atom. The average Bonchev–Trinajstić information content (AvgIpc) is 3.24. The van der Waals surface area contributed by atoms with E-state index in [1.54, 1.807) is 11.9 Å². The molecule has 8 heteroatoms. The number of nitrogens with zero attached hydrogens (tertiary/aromatic N) is 1. The predicted octanol–water partition coefficient (Wildman–Crippen LogP) is 3.78. The van der Waals surface area contributed by atoms with Crippen molar-refractivity contribution in [2.24, 2.45) is 11.8 Å². The number of benzene rings is 2. The highest BCUT2D eigenvalue weighted by Crippen LogP contribution is 2.20. The van der Waals surface area contributed by atoms with Gasteiger partial charge in [-0.2, -0.15) is 0 Å². The lowest BCUT2D eigenvalue weighted by Crippen LogP contribution is -2.51. The number of rotatable bonds is 11. The number of amides is 3. The van der Waals surface area contributed by atoms with Gasteiger partial charge >= 0.3 is 6.09 Å². The molecule has 3 amide bonds. The van der Waals surface area contributed by atoms with E-state index in [1.165, 1.54) is 0 Å². The normalized spacial score (nSPS) is 12.8. The number of carbonyl (C=O) groups excluding carboxylic acids is 2. The second kappa shape index (κ2) is 12.1. The molecule has 1 heterocycles. The Balaban J connectivity index is 1.83. The van der Waals surface area contributed by atoms with Crippen LogP contribution in [-0.2, 0) is 22.6 Å². The minimum absolute atomic E-state index is 0.00675. The Kier molecular flexibility index (Phi) is 8.89. The molecule has 0 bridgehead atoms. The number of fused-ring (bicyclic) bond motifs is 1. The van der Waals surface area contributed by atoms with E-state index in [0.29, 0.717) is 19.4 Å². The van der Waals surface area contributed by atoms with Crippen molar-refractivity contribution >= 4 is 28.8 Å². The number of hydrogen-bond donors (Lipinski definition) is 4. The van der Waals surface area contributed by atoms with E-state index >= 15 is 0 Å². The van der Waals surface area contributed by atoms with E-state index in [1.807, 2.05) is 74.6 Å². The maximum Gasteiger partial charge on any atom is 0.404 e. The van der Waals surface area contributed by atoms with Gasteiger partial charge in [0.25, 0.3) is 0 Å². The van der Waals surface area contributed by atoms with Crippen molar-refractivity contribution in [1.82, 2.24) is 20.5 Å². The van der Waals surface area contributed by atoms with Gasteiger partial charge in [0, 0.05) is 43.7 Å². The van der Waals surface area contributed by atoms with Crippen LogP contribution in [0.15, 0.2) is 60.8 Å². The summed E-state index contributed by atoms with van der Waals surface area (Å²) in [6, 6.07) is 16.7. The molecule has 0 spiro atoms. The molecule has 0 aliphatic rings. The SMILES string of the molecule is CC(C)CC(CNC(=O)O)C(=O)N[C@@H](Cc1c[nH]c2ccccc12)C(=O)N(C)Cc1ccccc1. The lowest BCUT2D eigenvalue weighted by Gasteiger charge is -2.27. The summed E-state index contributed by atoms with van der Waals surface area (Å²) in [6.45, 7) is 4.36. The van der Waals surface area contributed by atoms with E-state index < -0.39 is 18.1 Å². The van der Waals surface area contributed by atoms with Crippen LogP contribution in [0.25, 0.3) is 10.9 Å². The topological polar surface area (TPSA) is 115 Å². The molecule has 0 saturated carbocycles. The number of H-pyrrole nitrogens is 1. The van der Waals surface area contributed by atoms with Crippen LogP contribution in [-0.4, -0.2) is 52.5 Å². The number of likely N-dealkylation sites (N-methyl/N-ethyl adjacent to an activating group) is 1. The minimum atomic E-state index is -1.18. The van der Waals surface area contributed by atoms with Crippen LogP contribution in [0.1, 0.15) is 31.4 Å². The third-order valence-electron chi connectivity index (χ3n) is 5.98. The van der Waals surface area contributed by atoms with Crippen molar-refractivity contribution in [2.75, 3.05) is 13.6 Å². The molecule has 2 aromatic carbocycles. The molecule has 8 nitrogen and oxygen atoms in total. The van der Waals surface area contributed by atoms with E-state index in [9.17, 15) is 14.4 Å². The van der Waals surface area contributed by atoms with Crippen molar-refractivity contribution in [3.05, 3.63) is 71.9 Å². The fraction of sp³-hybridized carbons (Fsp3) is 0.370. The molecular formula is C27H34N4O4. The van der Waals surface area contributed by atoms with Crippen LogP contribution in [0.5, 0.6) is 0 Å². The van der Waals surface area contributed by atoms with Gasteiger partial charge in [-0.3, -0.25) is 9.59 Å². The van der Waals surface area contributed by atoms with Gasteiger partial charge in [-0.15, -0.1) is 0 Å². The second-order valence-electron chi connectivity index (χ2n) is 9.32. The number of carbonyl (C=O) groups is 3. The summed E-state index contributed by atoms with van der Waals surface area (Å²) < 4.78 is 0. The molecule has 3 aromatic rings. The average molecular weight is 479 g/mol. The molecule has 0 aliphatic heterocycles. The zero-order valence-corrected chi connectivity index (χ0v) is 20.5. The quantitative estimate of drug-likeness (QED) is 0.336. The number of aromatic amines is 1. The molecular weight excluding hydrogens is 444 g/mol. The molecule has 0 aliphatic carbocycles. The molecule has 35 heavy (non-hydrogen) atoms. The highest BCUT2D eigenvalue weighted by atomic mass is 16.4. The Labute approximate surface area is 205 Å². The van der Waals surface area contributed by atoms with Gasteiger partial charge in [-0.25, -0.2) is 4.79 Å². The number of aromatic nitrogens is 1. The highest BCUT2D eigenvalue weighted by Gasteiger charge is 2.29. The first-order valence-electron chi connectivity index (χ1n) is 11.9. The first-order chi connectivity index (χ1) is 16.7. The van der Waals surface area contributed by atoms with Gasteiger partial charge < -0.3 is 25.6 Å². The fourth-order valence-electron chi connectivity index (χ4n) is 4.27. The van der Waals surface area contributed by atoms with E-state index in [0.717, 1.165) is 22.0 Å². The van der Waals surface area contributed by atoms with Crippen molar-refractivity contribution in [3.63, 3.8) is 0 Å². The Hall–Kier alpha value is -3.81. The van der Waals surface area contributed by atoms with Crippen molar-refractivity contribution in [1.29, 1.82) is 0 Å². The summed E-state index contributed by atoms with van der Waals surface area (Å²) in [4.78, 5) is 42.7.